The molecule has 0 aromatic heterocycles. The van der Waals surface area contributed by atoms with Gasteiger partial charge in [-0.3, -0.25) is 0 Å². The molecule has 0 N–H and O–H groups in total. The van der Waals surface area contributed by atoms with E-state index in [1.807, 2.05) is 0 Å². The number of fused-ring (bicyclic) bond motifs is 1. The second-order valence-electron chi connectivity index (χ2n) is 3.87. The minimum Gasteiger partial charge on any atom is -0.371 e. The van der Waals surface area contributed by atoms with E-state index in [0.717, 1.165) is 13.1 Å². The van der Waals surface area contributed by atoms with Crippen LogP contribution in [0.1, 0.15) is 25.0 Å². The SMILES string of the molecule is C/C=C(/C)N1CCc2ccccc2C1. The van der Waals surface area contributed by atoms with Gasteiger partial charge in [-0.05, 0) is 31.4 Å². The van der Waals surface area contributed by atoms with Crippen molar-refractivity contribution in [1.82, 2.24) is 4.90 Å². The minimum absolute atomic E-state index is 1.08. The van der Waals surface area contributed by atoms with Crippen molar-refractivity contribution in [3.63, 3.8) is 0 Å². The first-order valence-electron chi connectivity index (χ1n) is 5.26. The quantitative estimate of drug-likeness (QED) is 0.653. The van der Waals surface area contributed by atoms with Crippen molar-refractivity contribution in [2.24, 2.45) is 0 Å². The van der Waals surface area contributed by atoms with Gasteiger partial charge >= 0.3 is 0 Å². The summed E-state index contributed by atoms with van der Waals surface area (Å²) in [5.41, 5.74) is 4.40. The predicted molar refractivity (Wildman–Crippen MR) is 60.0 cm³/mol. The largest absolute Gasteiger partial charge is 0.371 e. The summed E-state index contributed by atoms with van der Waals surface area (Å²) in [5, 5.41) is 0. The summed E-state index contributed by atoms with van der Waals surface area (Å²) in [7, 11) is 0. The molecule has 0 fully saturated rings. The van der Waals surface area contributed by atoms with Crippen molar-refractivity contribution in [2.45, 2.75) is 26.8 Å². The van der Waals surface area contributed by atoms with Gasteiger partial charge in [0.1, 0.15) is 0 Å². The van der Waals surface area contributed by atoms with E-state index in [1.165, 1.54) is 23.2 Å². The maximum atomic E-state index is 2.45. The molecule has 1 aliphatic rings. The topological polar surface area (TPSA) is 3.24 Å². The Kier molecular flexibility index (Phi) is 2.58. The third-order valence-corrected chi connectivity index (χ3v) is 3.05. The molecule has 1 heterocycles. The van der Waals surface area contributed by atoms with E-state index in [4.69, 9.17) is 0 Å². The zero-order valence-electron chi connectivity index (χ0n) is 8.96. The monoisotopic (exact) mass is 187 g/mol. The van der Waals surface area contributed by atoms with Gasteiger partial charge in [0.2, 0.25) is 0 Å². The lowest BCUT2D eigenvalue weighted by Crippen LogP contribution is -2.28. The lowest BCUT2D eigenvalue weighted by molar-refractivity contribution is 0.322. The van der Waals surface area contributed by atoms with Crippen molar-refractivity contribution in [3.8, 4) is 0 Å². The average Bonchev–Trinajstić information content (AvgIpc) is 2.27. The molecule has 1 aromatic rings. The third-order valence-electron chi connectivity index (χ3n) is 3.05. The molecule has 2 rings (SSSR count). The Labute approximate surface area is 86.1 Å². The molecule has 1 aromatic carbocycles. The maximum absolute atomic E-state index is 2.45. The molecule has 0 saturated heterocycles. The molecule has 1 heteroatoms. The van der Waals surface area contributed by atoms with Crippen LogP contribution >= 0.6 is 0 Å². The van der Waals surface area contributed by atoms with Gasteiger partial charge in [-0.2, -0.15) is 0 Å². The number of hydrogen-bond acceptors (Lipinski definition) is 1. The molecule has 0 bridgehead atoms. The van der Waals surface area contributed by atoms with Crippen molar-refractivity contribution in [1.29, 1.82) is 0 Å². The van der Waals surface area contributed by atoms with Crippen LogP contribution in [0.5, 0.6) is 0 Å². The van der Waals surface area contributed by atoms with Gasteiger partial charge < -0.3 is 4.90 Å². The van der Waals surface area contributed by atoms with Gasteiger partial charge in [0.05, 0.1) is 0 Å². The summed E-state index contributed by atoms with van der Waals surface area (Å²) in [6, 6.07) is 8.76. The highest BCUT2D eigenvalue weighted by Crippen LogP contribution is 2.21. The van der Waals surface area contributed by atoms with E-state index in [0.29, 0.717) is 0 Å². The molecule has 1 aliphatic heterocycles. The molecule has 0 spiro atoms. The lowest BCUT2D eigenvalue weighted by atomic mass is 10.00. The Morgan fingerprint density at radius 2 is 2.00 bits per heavy atom. The second-order valence-corrected chi connectivity index (χ2v) is 3.87. The molecule has 0 unspecified atom stereocenters. The van der Waals surface area contributed by atoms with E-state index in [2.05, 4.69) is 49.1 Å². The minimum atomic E-state index is 1.08. The Bertz CT molecular complexity index is 352. The zero-order chi connectivity index (χ0) is 9.97. The molecule has 0 aliphatic carbocycles. The summed E-state index contributed by atoms with van der Waals surface area (Å²) in [4.78, 5) is 2.45. The van der Waals surface area contributed by atoms with Crippen molar-refractivity contribution in [3.05, 3.63) is 47.2 Å². The third kappa shape index (κ3) is 1.67. The molecule has 0 saturated carbocycles. The Morgan fingerprint density at radius 3 is 2.71 bits per heavy atom. The van der Waals surface area contributed by atoms with Crippen molar-refractivity contribution >= 4 is 0 Å². The maximum Gasteiger partial charge on any atom is 0.0429 e. The molecule has 74 valence electrons. The van der Waals surface area contributed by atoms with Crippen LogP contribution in [0.4, 0.5) is 0 Å². The fourth-order valence-corrected chi connectivity index (χ4v) is 1.98. The smallest absolute Gasteiger partial charge is 0.0429 e. The average molecular weight is 187 g/mol. The fourth-order valence-electron chi connectivity index (χ4n) is 1.98. The molecule has 0 amide bonds. The number of nitrogens with zero attached hydrogens (tertiary/aromatic N) is 1. The summed E-state index contributed by atoms with van der Waals surface area (Å²) < 4.78 is 0. The second kappa shape index (κ2) is 3.87. The van der Waals surface area contributed by atoms with E-state index in [-0.39, 0.29) is 0 Å². The zero-order valence-corrected chi connectivity index (χ0v) is 8.96. The van der Waals surface area contributed by atoms with Gasteiger partial charge in [-0.25, -0.2) is 0 Å². The van der Waals surface area contributed by atoms with Gasteiger partial charge in [0, 0.05) is 18.8 Å². The first-order chi connectivity index (χ1) is 6.81. The van der Waals surface area contributed by atoms with Crippen molar-refractivity contribution in [2.75, 3.05) is 6.54 Å². The first-order valence-corrected chi connectivity index (χ1v) is 5.26. The van der Waals surface area contributed by atoms with Crippen molar-refractivity contribution < 1.29 is 0 Å². The molecule has 14 heavy (non-hydrogen) atoms. The Hall–Kier alpha value is -1.24. The van der Waals surface area contributed by atoms with Crippen LogP contribution in [0.3, 0.4) is 0 Å². The molecule has 0 radical (unpaired) electrons. The fraction of sp³-hybridized carbons (Fsp3) is 0.385. The predicted octanol–water partition coefficient (Wildman–Crippen LogP) is 2.97. The molecular formula is C13H17N. The van der Waals surface area contributed by atoms with Crippen LogP contribution in [0.15, 0.2) is 36.0 Å². The van der Waals surface area contributed by atoms with E-state index in [1.54, 1.807) is 0 Å². The highest BCUT2D eigenvalue weighted by molar-refractivity contribution is 5.30. The summed E-state index contributed by atoms with van der Waals surface area (Å²) in [6.07, 6.45) is 3.37. The highest BCUT2D eigenvalue weighted by atomic mass is 15.1. The standard InChI is InChI=1S/C13H17N/c1-3-11(2)14-9-8-12-6-4-5-7-13(12)10-14/h3-7H,8-10H2,1-2H3/b11-3-. The Balaban J connectivity index is 2.21. The van der Waals surface area contributed by atoms with Crippen LogP contribution in [-0.2, 0) is 13.0 Å². The molecule has 1 nitrogen and oxygen atoms in total. The van der Waals surface area contributed by atoms with Gasteiger partial charge in [-0.15, -0.1) is 0 Å². The summed E-state index contributed by atoms with van der Waals surface area (Å²) >= 11 is 0. The van der Waals surface area contributed by atoms with E-state index in [9.17, 15) is 0 Å². The van der Waals surface area contributed by atoms with Crippen LogP contribution < -0.4 is 0 Å². The van der Waals surface area contributed by atoms with Crippen LogP contribution in [-0.4, -0.2) is 11.4 Å². The highest BCUT2D eigenvalue weighted by Gasteiger charge is 2.14. The normalized spacial score (nSPS) is 16.7. The number of benzene rings is 1. The number of hydrogen-bond donors (Lipinski definition) is 0. The molecule has 0 atom stereocenters. The van der Waals surface area contributed by atoms with Gasteiger partial charge in [-0.1, -0.05) is 30.3 Å². The first kappa shape index (κ1) is 9.32. The summed E-state index contributed by atoms with van der Waals surface area (Å²) in [5.74, 6) is 0. The van der Waals surface area contributed by atoms with Crippen LogP contribution in [0.2, 0.25) is 0 Å². The van der Waals surface area contributed by atoms with E-state index >= 15 is 0 Å². The lowest BCUT2D eigenvalue weighted by Gasteiger charge is -2.31. The van der Waals surface area contributed by atoms with Gasteiger partial charge in [0.25, 0.3) is 0 Å². The van der Waals surface area contributed by atoms with Crippen LogP contribution in [0.25, 0.3) is 0 Å². The Morgan fingerprint density at radius 1 is 1.29 bits per heavy atom. The number of allylic oxidation sites excluding steroid dienone is 2. The van der Waals surface area contributed by atoms with Crippen LogP contribution in [0, 0.1) is 0 Å². The summed E-state index contributed by atoms with van der Waals surface area (Å²) in [6.45, 7) is 6.53. The van der Waals surface area contributed by atoms with E-state index < -0.39 is 0 Å². The van der Waals surface area contributed by atoms with Gasteiger partial charge in [0.15, 0.2) is 0 Å². The number of rotatable bonds is 1. The molecular weight excluding hydrogens is 170 g/mol.